The summed E-state index contributed by atoms with van der Waals surface area (Å²) in [5.41, 5.74) is 5.42. The van der Waals surface area contributed by atoms with Crippen LogP contribution in [0.4, 0.5) is 0 Å². The van der Waals surface area contributed by atoms with Crippen molar-refractivity contribution < 1.29 is 4.79 Å². The Morgan fingerprint density at radius 1 is 1.04 bits per heavy atom. The van der Waals surface area contributed by atoms with Crippen LogP contribution < -0.4 is 5.32 Å². The van der Waals surface area contributed by atoms with Crippen molar-refractivity contribution >= 4 is 5.91 Å². The van der Waals surface area contributed by atoms with Gasteiger partial charge in [-0.3, -0.25) is 4.79 Å². The lowest BCUT2D eigenvalue weighted by molar-refractivity contribution is 0.0783. The normalized spacial score (nSPS) is 13.3. The fourth-order valence-electron chi connectivity index (χ4n) is 3.50. The monoisotopic (exact) mass is 345 g/mol. The number of amides is 1. The van der Waals surface area contributed by atoms with Crippen molar-refractivity contribution in [3.8, 4) is 11.1 Å². The van der Waals surface area contributed by atoms with Gasteiger partial charge in [0.25, 0.3) is 5.91 Å². The summed E-state index contributed by atoms with van der Waals surface area (Å²) in [6.45, 7) is 3.24. The number of nitrogens with one attached hydrogen (secondary N) is 1. The predicted molar refractivity (Wildman–Crippen MR) is 104 cm³/mol. The Balaban J connectivity index is 1.47. The summed E-state index contributed by atoms with van der Waals surface area (Å²) in [6.07, 6.45) is 2.02. The summed E-state index contributed by atoms with van der Waals surface area (Å²) < 4.78 is 2.17. The molecule has 1 aliphatic rings. The fraction of sp³-hybridized carbons (Fsp3) is 0.227. The predicted octanol–water partition coefficient (Wildman–Crippen LogP) is 3.53. The molecule has 0 unspecified atom stereocenters. The Morgan fingerprint density at radius 3 is 2.54 bits per heavy atom. The van der Waals surface area contributed by atoms with Gasteiger partial charge in [0, 0.05) is 45.1 Å². The number of hydrogen-bond acceptors (Lipinski definition) is 2. The van der Waals surface area contributed by atoms with E-state index < -0.39 is 0 Å². The minimum absolute atomic E-state index is 0.0783. The quantitative estimate of drug-likeness (QED) is 0.785. The van der Waals surface area contributed by atoms with Crippen molar-refractivity contribution in [1.29, 1.82) is 0 Å². The molecule has 0 atom stereocenters. The summed E-state index contributed by atoms with van der Waals surface area (Å²) in [5, 5.41) is 3.34. The van der Waals surface area contributed by atoms with Crippen molar-refractivity contribution in [1.82, 2.24) is 14.8 Å². The van der Waals surface area contributed by atoms with Gasteiger partial charge in [0.2, 0.25) is 0 Å². The van der Waals surface area contributed by atoms with E-state index in [1.165, 1.54) is 11.1 Å². The summed E-state index contributed by atoms with van der Waals surface area (Å²) in [7, 11) is 1.87. The number of aromatic nitrogens is 1. The number of hydrogen-bond donors (Lipinski definition) is 1. The van der Waals surface area contributed by atoms with Crippen molar-refractivity contribution in [2.45, 2.75) is 19.6 Å². The summed E-state index contributed by atoms with van der Waals surface area (Å²) in [5.74, 6) is 0.0783. The standard InChI is InChI=1S/C22H23N3O/c1-24(22(26)20-11-13-25-14-12-23-15-21(20)25)16-17-7-9-19(10-8-17)18-5-3-2-4-6-18/h2-11,13,23H,12,14-16H2,1H3. The van der Waals surface area contributed by atoms with Crippen molar-refractivity contribution in [2.75, 3.05) is 13.6 Å². The second-order valence-corrected chi connectivity index (χ2v) is 6.77. The second kappa shape index (κ2) is 7.18. The van der Waals surface area contributed by atoms with E-state index in [4.69, 9.17) is 0 Å². The van der Waals surface area contributed by atoms with Crippen LogP contribution in [0.2, 0.25) is 0 Å². The maximum absolute atomic E-state index is 12.9. The van der Waals surface area contributed by atoms with E-state index in [1.54, 1.807) is 4.90 Å². The Labute approximate surface area is 154 Å². The largest absolute Gasteiger partial charge is 0.348 e. The van der Waals surface area contributed by atoms with Crippen LogP contribution in [0, 0.1) is 0 Å². The van der Waals surface area contributed by atoms with E-state index in [0.29, 0.717) is 6.54 Å². The molecule has 0 saturated carbocycles. The van der Waals surface area contributed by atoms with Crippen LogP contribution in [0.3, 0.4) is 0 Å². The van der Waals surface area contributed by atoms with Gasteiger partial charge in [-0.05, 0) is 22.8 Å². The van der Waals surface area contributed by atoms with E-state index in [1.807, 2.05) is 37.5 Å². The first kappa shape index (κ1) is 16.6. The Bertz CT molecular complexity index is 897. The van der Waals surface area contributed by atoms with E-state index in [9.17, 15) is 4.79 Å². The third-order valence-corrected chi connectivity index (χ3v) is 4.96. The number of fused-ring (bicyclic) bond motifs is 1. The second-order valence-electron chi connectivity index (χ2n) is 6.77. The zero-order chi connectivity index (χ0) is 17.9. The van der Waals surface area contributed by atoms with Crippen molar-refractivity contribution in [3.05, 3.63) is 83.7 Å². The van der Waals surface area contributed by atoms with Gasteiger partial charge >= 0.3 is 0 Å². The summed E-state index contributed by atoms with van der Waals surface area (Å²) >= 11 is 0. The highest BCUT2D eigenvalue weighted by molar-refractivity contribution is 5.95. The van der Waals surface area contributed by atoms with E-state index >= 15 is 0 Å². The minimum atomic E-state index is 0.0783. The third kappa shape index (κ3) is 3.28. The average molecular weight is 345 g/mol. The molecule has 2 aromatic carbocycles. The van der Waals surface area contributed by atoms with E-state index in [0.717, 1.165) is 36.5 Å². The number of carbonyl (C=O) groups is 1. The van der Waals surface area contributed by atoms with Crippen LogP contribution in [0.1, 0.15) is 21.6 Å². The van der Waals surface area contributed by atoms with Crippen LogP contribution in [0.5, 0.6) is 0 Å². The molecule has 0 saturated heterocycles. The average Bonchev–Trinajstić information content (AvgIpc) is 3.13. The molecule has 4 rings (SSSR count). The van der Waals surface area contributed by atoms with Gasteiger partial charge in [0.1, 0.15) is 0 Å². The molecule has 26 heavy (non-hydrogen) atoms. The first-order valence-electron chi connectivity index (χ1n) is 9.01. The molecule has 0 fully saturated rings. The van der Waals surface area contributed by atoms with Crippen LogP contribution >= 0.6 is 0 Å². The molecule has 0 spiro atoms. The topological polar surface area (TPSA) is 37.3 Å². The number of nitrogens with zero attached hydrogens (tertiary/aromatic N) is 2. The Kier molecular flexibility index (Phi) is 4.59. The van der Waals surface area contributed by atoms with Crippen molar-refractivity contribution in [3.63, 3.8) is 0 Å². The van der Waals surface area contributed by atoms with Gasteiger partial charge in [0.05, 0.1) is 5.56 Å². The Hall–Kier alpha value is -2.85. The van der Waals surface area contributed by atoms with Crippen LogP contribution in [0.25, 0.3) is 11.1 Å². The molecule has 0 bridgehead atoms. The van der Waals surface area contributed by atoms with Crippen molar-refractivity contribution in [2.24, 2.45) is 0 Å². The molecule has 0 radical (unpaired) electrons. The molecule has 4 heteroatoms. The zero-order valence-electron chi connectivity index (χ0n) is 15.0. The number of carbonyl (C=O) groups excluding carboxylic acids is 1. The highest BCUT2D eigenvalue weighted by Gasteiger charge is 2.20. The molecule has 2 heterocycles. The SMILES string of the molecule is CN(Cc1ccc(-c2ccccc2)cc1)C(=O)c1ccn2c1CNCC2. The summed E-state index contributed by atoms with van der Waals surface area (Å²) in [6, 6.07) is 20.7. The first-order valence-corrected chi connectivity index (χ1v) is 9.01. The molecular formula is C22H23N3O. The smallest absolute Gasteiger partial charge is 0.255 e. The maximum Gasteiger partial charge on any atom is 0.255 e. The molecule has 1 amide bonds. The molecule has 1 aromatic heterocycles. The lowest BCUT2D eigenvalue weighted by Gasteiger charge is -2.21. The minimum Gasteiger partial charge on any atom is -0.348 e. The highest BCUT2D eigenvalue weighted by Crippen LogP contribution is 2.21. The van der Waals surface area contributed by atoms with Gasteiger partial charge in [-0.25, -0.2) is 0 Å². The van der Waals surface area contributed by atoms with Crippen LogP contribution in [-0.2, 0) is 19.6 Å². The molecular weight excluding hydrogens is 322 g/mol. The highest BCUT2D eigenvalue weighted by atomic mass is 16.2. The molecule has 132 valence electrons. The third-order valence-electron chi connectivity index (χ3n) is 4.96. The van der Waals surface area contributed by atoms with Gasteiger partial charge in [0.15, 0.2) is 0 Å². The van der Waals surface area contributed by atoms with Gasteiger partial charge in [-0.15, -0.1) is 0 Å². The zero-order valence-corrected chi connectivity index (χ0v) is 15.0. The van der Waals surface area contributed by atoms with Crippen LogP contribution in [-0.4, -0.2) is 29.0 Å². The van der Waals surface area contributed by atoms with Crippen LogP contribution in [0.15, 0.2) is 66.9 Å². The van der Waals surface area contributed by atoms with Gasteiger partial charge < -0.3 is 14.8 Å². The van der Waals surface area contributed by atoms with Gasteiger partial charge in [-0.2, -0.15) is 0 Å². The number of benzene rings is 2. The molecule has 0 aliphatic carbocycles. The number of rotatable bonds is 4. The maximum atomic E-state index is 12.9. The lowest BCUT2D eigenvalue weighted by atomic mass is 10.0. The molecule has 4 nitrogen and oxygen atoms in total. The Morgan fingerprint density at radius 2 is 1.77 bits per heavy atom. The summed E-state index contributed by atoms with van der Waals surface area (Å²) in [4.78, 5) is 14.6. The lowest BCUT2D eigenvalue weighted by Crippen LogP contribution is -2.31. The van der Waals surface area contributed by atoms with E-state index in [-0.39, 0.29) is 5.91 Å². The van der Waals surface area contributed by atoms with Gasteiger partial charge in [-0.1, -0.05) is 54.6 Å². The molecule has 3 aromatic rings. The molecule has 1 N–H and O–H groups in total. The first-order chi connectivity index (χ1) is 12.7. The fourth-order valence-corrected chi connectivity index (χ4v) is 3.50. The molecule has 1 aliphatic heterocycles. The van der Waals surface area contributed by atoms with E-state index in [2.05, 4.69) is 46.3 Å².